The molecule has 0 unspecified atom stereocenters. The third-order valence-corrected chi connectivity index (χ3v) is 5.59. The minimum atomic E-state index is -1.08. The zero-order chi connectivity index (χ0) is 31.0. The number of hydrogen-bond donors (Lipinski definition) is 3. The molecule has 0 radical (unpaired) electrons. The van der Waals surface area contributed by atoms with Crippen LogP contribution in [0.5, 0.6) is 5.75 Å². The molecule has 4 N–H and O–H groups in total. The third kappa shape index (κ3) is 8.36. The van der Waals surface area contributed by atoms with Crippen molar-refractivity contribution in [2.75, 3.05) is 17.6 Å². The van der Waals surface area contributed by atoms with Crippen LogP contribution in [0.1, 0.15) is 42.6 Å². The van der Waals surface area contributed by atoms with Crippen LogP contribution in [0.4, 0.5) is 27.8 Å². The second-order valence-electron chi connectivity index (χ2n) is 9.96. The van der Waals surface area contributed by atoms with Crippen molar-refractivity contribution in [3.63, 3.8) is 0 Å². The first-order chi connectivity index (χ1) is 20.5. The summed E-state index contributed by atoms with van der Waals surface area (Å²) < 4.78 is 20.4. The molecule has 2 amide bonds. The number of nitrogens with one attached hydrogen (secondary N) is 2. The van der Waals surface area contributed by atoms with Crippen LogP contribution in [-0.2, 0) is 21.6 Å². The first-order valence-electron chi connectivity index (χ1n) is 12.9. The fourth-order valence-corrected chi connectivity index (χ4v) is 3.61. The minimum Gasteiger partial charge on any atom is -0.426 e. The molecule has 0 atom stereocenters. The van der Waals surface area contributed by atoms with Crippen LogP contribution in [0, 0.1) is 0 Å². The van der Waals surface area contributed by atoms with Gasteiger partial charge in [0, 0.05) is 11.0 Å². The molecule has 0 saturated heterocycles. The van der Waals surface area contributed by atoms with E-state index in [1.807, 2.05) is 20.8 Å². The van der Waals surface area contributed by atoms with Crippen LogP contribution in [0.2, 0.25) is 0 Å². The number of rotatable bonds is 9. The topological polar surface area (TPSA) is 201 Å². The molecule has 4 rings (SSSR count). The summed E-state index contributed by atoms with van der Waals surface area (Å²) in [4.78, 5) is 52.3. The molecule has 0 spiro atoms. The molecule has 2 aromatic carbocycles. The highest BCUT2D eigenvalue weighted by molar-refractivity contribution is 5.99. The Hall–Kier alpha value is -5.79. The molecule has 222 valence electrons. The molecule has 2 heterocycles. The lowest BCUT2D eigenvalue weighted by Gasteiger charge is -2.14. The van der Waals surface area contributed by atoms with Gasteiger partial charge in [0.2, 0.25) is 5.91 Å². The molecule has 0 bridgehead atoms. The summed E-state index contributed by atoms with van der Waals surface area (Å²) >= 11 is 0. The average molecular weight is 589 g/mol. The smallest absolute Gasteiger partial charge is 0.426 e. The Labute approximate surface area is 244 Å². The number of azo groups is 1. The van der Waals surface area contributed by atoms with Crippen LogP contribution in [-0.4, -0.2) is 29.5 Å². The summed E-state index contributed by atoms with van der Waals surface area (Å²) in [5.41, 5.74) is 6.21. The lowest BCUT2D eigenvalue weighted by Crippen LogP contribution is -2.33. The summed E-state index contributed by atoms with van der Waals surface area (Å²) in [5.74, 6) is -1.33. The van der Waals surface area contributed by atoms with Gasteiger partial charge in [-0.15, -0.1) is 10.2 Å². The van der Waals surface area contributed by atoms with Gasteiger partial charge in [-0.05, 0) is 36.4 Å². The highest BCUT2D eigenvalue weighted by Crippen LogP contribution is 2.31. The van der Waals surface area contributed by atoms with E-state index < -0.39 is 29.2 Å². The number of anilines is 2. The number of ether oxygens (including phenoxy) is 2. The van der Waals surface area contributed by atoms with E-state index >= 15 is 0 Å². The first-order valence-corrected chi connectivity index (χ1v) is 12.9. The summed E-state index contributed by atoms with van der Waals surface area (Å²) in [6, 6.07) is 17.7. The fraction of sp³-hybridized carbons (Fsp3) is 0.207. The number of carbonyl (C=O) groups is 3. The van der Waals surface area contributed by atoms with E-state index in [9.17, 15) is 19.2 Å². The predicted molar refractivity (Wildman–Crippen MR) is 153 cm³/mol. The second kappa shape index (κ2) is 13.2. The van der Waals surface area contributed by atoms with E-state index in [1.54, 1.807) is 48.5 Å². The van der Waals surface area contributed by atoms with Crippen molar-refractivity contribution in [2.45, 2.75) is 32.8 Å². The Morgan fingerprint density at radius 1 is 0.930 bits per heavy atom. The number of aromatic nitrogens is 1. The van der Waals surface area contributed by atoms with E-state index in [4.69, 9.17) is 24.0 Å². The Morgan fingerprint density at radius 3 is 2.35 bits per heavy atom. The van der Waals surface area contributed by atoms with Crippen molar-refractivity contribution in [3.8, 4) is 5.75 Å². The van der Waals surface area contributed by atoms with E-state index in [-0.39, 0.29) is 53.4 Å². The van der Waals surface area contributed by atoms with Gasteiger partial charge in [-0.1, -0.05) is 51.1 Å². The molecule has 0 aliphatic heterocycles. The highest BCUT2D eigenvalue weighted by Gasteiger charge is 2.27. The number of pyridine rings is 1. The SMILES string of the molecule is CC(C)(C)c1oc(=O)oc1COC(=O)Oc1ccccc1/N=N/c1ccc(NC(=O)CNC(=O)c2ccccc2)nc1N. The number of nitrogens with zero attached hydrogens (tertiary/aromatic N) is 3. The van der Waals surface area contributed by atoms with E-state index in [0.717, 1.165) is 0 Å². The lowest BCUT2D eigenvalue weighted by atomic mass is 9.92. The number of benzene rings is 2. The Bertz CT molecular complexity index is 1710. The number of carbonyl (C=O) groups excluding carboxylic acids is 3. The molecule has 14 heteroatoms. The van der Waals surface area contributed by atoms with Gasteiger partial charge in [-0.2, -0.15) is 0 Å². The maximum atomic E-state index is 12.4. The Morgan fingerprint density at radius 2 is 1.63 bits per heavy atom. The Kier molecular flexibility index (Phi) is 9.30. The molecule has 0 fully saturated rings. The molecule has 14 nitrogen and oxygen atoms in total. The zero-order valence-corrected chi connectivity index (χ0v) is 23.5. The van der Waals surface area contributed by atoms with Gasteiger partial charge in [-0.3, -0.25) is 9.59 Å². The molecule has 0 aliphatic carbocycles. The van der Waals surface area contributed by atoms with Crippen LogP contribution in [0.25, 0.3) is 0 Å². The maximum absolute atomic E-state index is 12.4. The van der Waals surface area contributed by atoms with E-state index in [2.05, 4.69) is 25.8 Å². The summed E-state index contributed by atoms with van der Waals surface area (Å²) in [6.07, 6.45) is -1.08. The number of nitrogens with two attached hydrogens (primary N) is 1. The molecule has 0 aliphatic rings. The predicted octanol–water partition coefficient (Wildman–Crippen LogP) is 5.01. The molecule has 43 heavy (non-hydrogen) atoms. The normalized spacial score (nSPS) is 11.2. The van der Waals surface area contributed by atoms with Crippen molar-refractivity contribution in [3.05, 3.63) is 94.4 Å². The van der Waals surface area contributed by atoms with Crippen molar-refractivity contribution in [2.24, 2.45) is 10.2 Å². The van der Waals surface area contributed by atoms with Gasteiger partial charge in [0.15, 0.2) is 29.7 Å². The van der Waals surface area contributed by atoms with Gasteiger partial charge >= 0.3 is 12.0 Å². The number of hydrogen-bond acceptors (Lipinski definition) is 12. The largest absolute Gasteiger partial charge is 0.519 e. The standard InChI is InChI=1S/C29H28N6O8/c1-29(2,3)24-21(42-28(39)43-24)16-40-27(38)41-20-12-8-7-11-18(20)34-35-19-13-14-22(33-25(19)30)32-23(36)15-31-26(37)17-9-5-4-6-10-17/h4-14H,15-16H2,1-3H3,(H,31,37)(H3,30,32,33,36)/b35-34+. The maximum Gasteiger partial charge on any atom is 0.519 e. The van der Waals surface area contributed by atoms with Crippen LogP contribution < -0.4 is 26.9 Å². The van der Waals surface area contributed by atoms with Gasteiger partial charge < -0.3 is 34.7 Å². The van der Waals surface area contributed by atoms with Crippen LogP contribution >= 0.6 is 0 Å². The van der Waals surface area contributed by atoms with E-state index in [1.165, 1.54) is 18.2 Å². The Balaban J connectivity index is 1.34. The van der Waals surface area contributed by atoms with Gasteiger partial charge in [-0.25, -0.2) is 14.6 Å². The lowest BCUT2D eigenvalue weighted by molar-refractivity contribution is -0.115. The first kappa shape index (κ1) is 30.2. The molecular formula is C29H28N6O8. The minimum absolute atomic E-state index is 0.0360. The van der Waals surface area contributed by atoms with Crippen LogP contribution in [0.15, 0.2) is 90.6 Å². The number of nitrogen functional groups attached to an aromatic ring is 1. The van der Waals surface area contributed by atoms with Crippen molar-refractivity contribution >= 4 is 41.0 Å². The molecule has 0 saturated carbocycles. The summed E-state index contributed by atoms with van der Waals surface area (Å²) in [5, 5.41) is 13.2. The monoisotopic (exact) mass is 588 g/mol. The molecule has 4 aromatic rings. The zero-order valence-electron chi connectivity index (χ0n) is 23.5. The van der Waals surface area contributed by atoms with Crippen LogP contribution in [0.3, 0.4) is 0 Å². The number of para-hydroxylation sites is 1. The van der Waals surface area contributed by atoms with E-state index in [0.29, 0.717) is 5.56 Å². The van der Waals surface area contributed by atoms with Gasteiger partial charge in [0.05, 0.1) is 6.54 Å². The summed E-state index contributed by atoms with van der Waals surface area (Å²) in [7, 11) is 0. The third-order valence-electron chi connectivity index (χ3n) is 5.59. The number of amides is 2. The van der Waals surface area contributed by atoms with Crippen molar-refractivity contribution in [1.29, 1.82) is 0 Å². The second-order valence-corrected chi connectivity index (χ2v) is 9.96. The average Bonchev–Trinajstić information content (AvgIpc) is 3.37. The quantitative estimate of drug-likeness (QED) is 0.136. The summed E-state index contributed by atoms with van der Waals surface area (Å²) in [6.45, 7) is 4.77. The fourth-order valence-electron chi connectivity index (χ4n) is 3.61. The molecule has 2 aromatic heterocycles. The van der Waals surface area contributed by atoms with Gasteiger partial charge in [0.1, 0.15) is 17.2 Å². The van der Waals surface area contributed by atoms with Gasteiger partial charge in [0.25, 0.3) is 5.91 Å². The molecular weight excluding hydrogens is 560 g/mol. The highest BCUT2D eigenvalue weighted by atomic mass is 16.7. The van der Waals surface area contributed by atoms with Crippen molar-refractivity contribution in [1.82, 2.24) is 10.3 Å². The van der Waals surface area contributed by atoms with Crippen molar-refractivity contribution < 1.29 is 32.7 Å².